The van der Waals surface area contributed by atoms with E-state index in [9.17, 15) is 45.9 Å². The van der Waals surface area contributed by atoms with Crippen LogP contribution in [0, 0.1) is 10.1 Å². The fourth-order valence-corrected chi connectivity index (χ4v) is 3.33. The smallest absolute Gasteiger partial charge is 0.269 e. The molecule has 0 saturated carbocycles. The van der Waals surface area contributed by atoms with Crippen LogP contribution >= 0.6 is 0 Å². The maximum atomic E-state index is 10.7. The number of hydrogen-bond donors (Lipinski definition) is 7. The van der Waals surface area contributed by atoms with Gasteiger partial charge in [-0.05, 0) is 12.1 Å². The Bertz CT molecular complexity index is 762. The van der Waals surface area contributed by atoms with Crippen LogP contribution in [-0.2, 0) is 14.2 Å². The third-order valence-corrected chi connectivity index (χ3v) is 5.24. The molecule has 3 rings (SSSR count). The van der Waals surface area contributed by atoms with Crippen molar-refractivity contribution in [2.24, 2.45) is 0 Å². The lowest BCUT2D eigenvalue weighted by Crippen LogP contribution is -2.62. The number of benzene rings is 1. The van der Waals surface area contributed by atoms with E-state index in [0.717, 1.165) is 12.1 Å². The zero-order chi connectivity index (χ0) is 23.6. The van der Waals surface area contributed by atoms with Gasteiger partial charge in [0.25, 0.3) is 5.69 Å². The molecule has 180 valence electrons. The molecule has 0 amide bonds. The zero-order valence-corrected chi connectivity index (χ0v) is 16.5. The average Bonchev–Trinajstić information content (AvgIpc) is 2.78. The minimum Gasteiger partial charge on any atom is -0.462 e. The molecule has 0 spiro atoms. The lowest BCUT2D eigenvalue weighted by Gasteiger charge is -2.42. The van der Waals surface area contributed by atoms with E-state index in [1.807, 2.05) is 0 Å². The lowest BCUT2D eigenvalue weighted by molar-refractivity contribution is -0.384. The molecule has 2 fully saturated rings. The van der Waals surface area contributed by atoms with E-state index in [0.29, 0.717) is 0 Å². The van der Waals surface area contributed by atoms with Gasteiger partial charge >= 0.3 is 0 Å². The fraction of sp³-hybridized carbons (Fsp3) is 0.667. The number of ether oxygens (including phenoxy) is 4. The Balaban J connectivity index is 1.64. The predicted octanol–water partition coefficient (Wildman–Crippen LogP) is -3.40. The van der Waals surface area contributed by atoms with Crippen LogP contribution in [0.25, 0.3) is 0 Å². The van der Waals surface area contributed by atoms with Crippen LogP contribution in [0.2, 0.25) is 0 Å². The number of non-ortho nitro benzene ring substituents is 1. The molecular weight excluding hydrogens is 438 g/mol. The van der Waals surface area contributed by atoms with Gasteiger partial charge in [-0.2, -0.15) is 0 Å². The minimum absolute atomic E-state index is 0.0804. The highest BCUT2D eigenvalue weighted by Gasteiger charge is 2.47. The number of rotatable bonds is 7. The summed E-state index contributed by atoms with van der Waals surface area (Å²) in [5, 5.41) is 80.1. The fourth-order valence-electron chi connectivity index (χ4n) is 3.33. The number of nitro groups is 1. The predicted molar refractivity (Wildman–Crippen MR) is 100 cm³/mol. The third kappa shape index (κ3) is 5.15. The molecule has 14 heteroatoms. The van der Waals surface area contributed by atoms with Crippen LogP contribution in [-0.4, -0.2) is 115 Å². The van der Waals surface area contributed by atoms with Gasteiger partial charge in [-0.3, -0.25) is 10.1 Å². The highest BCUT2D eigenvalue weighted by Crippen LogP contribution is 2.27. The third-order valence-electron chi connectivity index (χ3n) is 5.24. The van der Waals surface area contributed by atoms with Gasteiger partial charge in [-0.25, -0.2) is 0 Å². The average molecular weight is 463 g/mol. The Labute approximate surface area is 180 Å². The van der Waals surface area contributed by atoms with Crippen LogP contribution in [0.3, 0.4) is 0 Å². The summed E-state index contributed by atoms with van der Waals surface area (Å²) >= 11 is 0. The molecule has 0 unspecified atom stereocenters. The summed E-state index contributed by atoms with van der Waals surface area (Å²) in [6.45, 7) is -1.17. The van der Waals surface area contributed by atoms with E-state index in [1.54, 1.807) is 0 Å². The van der Waals surface area contributed by atoms with Gasteiger partial charge in [-0.15, -0.1) is 0 Å². The van der Waals surface area contributed by atoms with Crippen LogP contribution < -0.4 is 4.74 Å². The molecule has 2 saturated heterocycles. The zero-order valence-electron chi connectivity index (χ0n) is 16.5. The second kappa shape index (κ2) is 10.3. The standard InChI is InChI=1S/C18H25NO13/c20-5-9-11(21)13(23)15(25)17(31-9)29-6-10-12(22)14(24)16(26)18(32-10)30-8-3-1-7(2-4-8)19(27)28/h1-4,9-18,20-26H,5-6H2/t9-,10-,11+,12-,13+,14+,15-,16-,17+,18-/m1/s1. The van der Waals surface area contributed by atoms with Crippen LogP contribution in [0.1, 0.15) is 0 Å². The summed E-state index contributed by atoms with van der Waals surface area (Å²) in [6.07, 6.45) is -15.4. The van der Waals surface area contributed by atoms with Crippen LogP contribution in [0.5, 0.6) is 5.75 Å². The van der Waals surface area contributed by atoms with Gasteiger partial charge in [0.15, 0.2) is 6.29 Å². The van der Waals surface area contributed by atoms with Crippen molar-refractivity contribution in [2.45, 2.75) is 61.4 Å². The van der Waals surface area contributed by atoms with Gasteiger partial charge in [0.2, 0.25) is 6.29 Å². The van der Waals surface area contributed by atoms with Crippen molar-refractivity contribution in [1.82, 2.24) is 0 Å². The van der Waals surface area contributed by atoms with Crippen molar-refractivity contribution in [3.8, 4) is 5.75 Å². The van der Waals surface area contributed by atoms with Crippen molar-refractivity contribution in [1.29, 1.82) is 0 Å². The quantitative estimate of drug-likeness (QED) is 0.155. The van der Waals surface area contributed by atoms with Gasteiger partial charge in [0.1, 0.15) is 54.6 Å². The molecule has 1 aromatic rings. The topological polar surface area (TPSA) is 222 Å². The summed E-state index contributed by atoms with van der Waals surface area (Å²) in [4.78, 5) is 10.1. The molecule has 0 radical (unpaired) electrons. The molecule has 32 heavy (non-hydrogen) atoms. The van der Waals surface area contributed by atoms with E-state index in [2.05, 4.69) is 0 Å². The Morgan fingerprint density at radius 1 is 0.812 bits per heavy atom. The SMILES string of the molecule is O=[N+]([O-])c1ccc(O[C@@H]2O[C@H](CO[C@H]3O[C@H](CO)[C@H](O)[C@H](O)[C@H]3O)[C@@H](O)[C@H](O)[C@H]2O)cc1. The second-order valence-corrected chi connectivity index (χ2v) is 7.41. The molecule has 10 atom stereocenters. The largest absolute Gasteiger partial charge is 0.462 e. The monoisotopic (exact) mass is 463 g/mol. The number of aliphatic hydroxyl groups excluding tert-OH is 7. The summed E-state index contributed by atoms with van der Waals surface area (Å²) in [5.41, 5.74) is -0.191. The summed E-state index contributed by atoms with van der Waals surface area (Å²) in [6, 6.07) is 4.83. The Morgan fingerprint density at radius 2 is 1.34 bits per heavy atom. The Morgan fingerprint density at radius 3 is 1.91 bits per heavy atom. The van der Waals surface area contributed by atoms with E-state index < -0.39 is 79.5 Å². The molecule has 2 aliphatic heterocycles. The van der Waals surface area contributed by atoms with Crippen molar-refractivity contribution >= 4 is 5.69 Å². The van der Waals surface area contributed by atoms with Crippen LogP contribution in [0.4, 0.5) is 5.69 Å². The first-order valence-corrected chi connectivity index (χ1v) is 9.67. The number of nitrogens with zero attached hydrogens (tertiary/aromatic N) is 1. The maximum Gasteiger partial charge on any atom is 0.269 e. The molecular formula is C18H25NO13. The lowest BCUT2D eigenvalue weighted by atomic mass is 9.98. The van der Waals surface area contributed by atoms with E-state index in [-0.39, 0.29) is 11.4 Å². The molecule has 1 aromatic carbocycles. The normalized spacial score (nSPS) is 40.1. The first-order valence-electron chi connectivity index (χ1n) is 9.67. The van der Waals surface area contributed by atoms with Crippen molar-refractivity contribution in [2.75, 3.05) is 13.2 Å². The Hall–Kier alpha value is -1.98. The molecule has 14 nitrogen and oxygen atoms in total. The molecule has 2 heterocycles. The number of nitro benzene ring substituents is 1. The summed E-state index contributed by atoms with van der Waals surface area (Å²) < 4.78 is 21.4. The van der Waals surface area contributed by atoms with Crippen molar-refractivity contribution in [3.63, 3.8) is 0 Å². The molecule has 2 aliphatic rings. The van der Waals surface area contributed by atoms with Crippen molar-refractivity contribution in [3.05, 3.63) is 34.4 Å². The number of hydrogen-bond acceptors (Lipinski definition) is 13. The first-order chi connectivity index (χ1) is 15.1. The van der Waals surface area contributed by atoms with Crippen LogP contribution in [0.15, 0.2) is 24.3 Å². The van der Waals surface area contributed by atoms with Gasteiger partial charge in [0, 0.05) is 12.1 Å². The molecule has 0 aliphatic carbocycles. The van der Waals surface area contributed by atoms with E-state index in [1.165, 1.54) is 12.1 Å². The van der Waals surface area contributed by atoms with E-state index >= 15 is 0 Å². The van der Waals surface area contributed by atoms with Gasteiger partial charge in [-0.1, -0.05) is 0 Å². The summed E-state index contributed by atoms with van der Waals surface area (Å²) in [7, 11) is 0. The molecule has 0 bridgehead atoms. The summed E-state index contributed by atoms with van der Waals surface area (Å²) in [5.74, 6) is 0.0804. The highest BCUT2D eigenvalue weighted by molar-refractivity contribution is 5.36. The minimum atomic E-state index is -1.71. The van der Waals surface area contributed by atoms with Crippen molar-refractivity contribution < 1.29 is 59.6 Å². The molecule has 7 N–H and O–H groups in total. The molecule has 0 aromatic heterocycles. The van der Waals surface area contributed by atoms with Gasteiger partial charge < -0.3 is 54.7 Å². The maximum absolute atomic E-state index is 10.7. The van der Waals surface area contributed by atoms with E-state index in [4.69, 9.17) is 18.9 Å². The second-order valence-electron chi connectivity index (χ2n) is 7.41. The highest BCUT2D eigenvalue weighted by atomic mass is 16.7. The first kappa shape index (κ1) is 24.7. The Kier molecular flexibility index (Phi) is 7.94. The number of aliphatic hydroxyl groups is 7. The van der Waals surface area contributed by atoms with Gasteiger partial charge in [0.05, 0.1) is 18.1 Å².